The van der Waals surface area contributed by atoms with Crippen molar-refractivity contribution in [2.45, 2.75) is 31.6 Å². The first-order valence-corrected chi connectivity index (χ1v) is 6.07. The van der Waals surface area contributed by atoms with E-state index in [0.717, 1.165) is 25.0 Å². The summed E-state index contributed by atoms with van der Waals surface area (Å²) in [7, 11) is 0. The van der Waals surface area contributed by atoms with Crippen molar-refractivity contribution in [3.63, 3.8) is 0 Å². The summed E-state index contributed by atoms with van der Waals surface area (Å²) < 4.78 is 5.24. The maximum Gasteiger partial charge on any atom is 0.287 e. The van der Waals surface area contributed by atoms with Crippen molar-refractivity contribution in [1.29, 1.82) is 0 Å². The Balaban J connectivity index is 1.80. The number of alkyl halides is 1. The first-order chi connectivity index (χ1) is 7.65. The fourth-order valence-corrected chi connectivity index (χ4v) is 2.46. The molecule has 1 aromatic rings. The van der Waals surface area contributed by atoms with Gasteiger partial charge in [0.25, 0.3) is 5.91 Å². The van der Waals surface area contributed by atoms with Crippen molar-refractivity contribution >= 4 is 17.5 Å². The minimum atomic E-state index is -0.133. The van der Waals surface area contributed by atoms with Crippen LogP contribution in [0.15, 0.2) is 16.5 Å². The summed E-state index contributed by atoms with van der Waals surface area (Å²) in [5.74, 6) is 1.53. The van der Waals surface area contributed by atoms with Crippen molar-refractivity contribution < 1.29 is 9.21 Å². The van der Waals surface area contributed by atoms with Gasteiger partial charge in [-0.2, -0.15) is 0 Å². The summed E-state index contributed by atoms with van der Waals surface area (Å²) in [6.07, 6.45) is 3.16. The molecule has 1 aliphatic rings. The summed E-state index contributed by atoms with van der Waals surface area (Å²) in [5.41, 5.74) is 0. The highest BCUT2D eigenvalue weighted by Gasteiger charge is 2.23. The van der Waals surface area contributed by atoms with Crippen LogP contribution in [0.25, 0.3) is 0 Å². The van der Waals surface area contributed by atoms with Gasteiger partial charge in [0.1, 0.15) is 5.76 Å². The van der Waals surface area contributed by atoms with E-state index in [1.807, 2.05) is 6.92 Å². The quantitative estimate of drug-likeness (QED) is 0.827. The Morgan fingerprint density at radius 2 is 2.38 bits per heavy atom. The smallest absolute Gasteiger partial charge is 0.287 e. The van der Waals surface area contributed by atoms with Gasteiger partial charge in [0.05, 0.1) is 0 Å². The van der Waals surface area contributed by atoms with Gasteiger partial charge in [0.15, 0.2) is 5.76 Å². The number of hydrogen-bond donors (Lipinski definition) is 1. The molecular weight excluding hydrogens is 226 g/mol. The highest BCUT2D eigenvalue weighted by molar-refractivity contribution is 6.20. The molecule has 16 heavy (non-hydrogen) atoms. The van der Waals surface area contributed by atoms with Gasteiger partial charge in [0.2, 0.25) is 0 Å². The lowest BCUT2D eigenvalue weighted by atomic mass is 10.1. The topological polar surface area (TPSA) is 42.2 Å². The van der Waals surface area contributed by atoms with Gasteiger partial charge in [0, 0.05) is 11.9 Å². The highest BCUT2D eigenvalue weighted by atomic mass is 35.5. The second kappa shape index (κ2) is 4.91. The molecule has 2 unspecified atom stereocenters. The number of aryl methyl sites for hydroxylation is 1. The Morgan fingerprint density at radius 3 is 2.94 bits per heavy atom. The van der Waals surface area contributed by atoms with Gasteiger partial charge in [-0.3, -0.25) is 4.79 Å². The van der Waals surface area contributed by atoms with E-state index in [1.54, 1.807) is 12.1 Å². The van der Waals surface area contributed by atoms with Crippen LogP contribution in [0, 0.1) is 12.8 Å². The van der Waals surface area contributed by atoms with Gasteiger partial charge >= 0.3 is 0 Å². The molecule has 0 bridgehead atoms. The van der Waals surface area contributed by atoms with E-state index in [-0.39, 0.29) is 11.3 Å². The Labute approximate surface area is 100 Å². The van der Waals surface area contributed by atoms with Crippen molar-refractivity contribution in [2.75, 3.05) is 6.54 Å². The molecule has 0 aliphatic heterocycles. The zero-order valence-corrected chi connectivity index (χ0v) is 10.1. The standard InChI is InChI=1S/C12H16ClNO2/c1-8-2-5-11(16-8)12(15)14-7-9-3-4-10(13)6-9/h2,5,9-10H,3-4,6-7H2,1H3,(H,14,15). The van der Waals surface area contributed by atoms with Gasteiger partial charge in [-0.15, -0.1) is 11.6 Å². The Hall–Kier alpha value is -0.960. The van der Waals surface area contributed by atoms with E-state index in [4.69, 9.17) is 16.0 Å². The summed E-state index contributed by atoms with van der Waals surface area (Å²) in [6, 6.07) is 3.49. The molecular formula is C12H16ClNO2. The molecule has 1 aromatic heterocycles. The third-order valence-electron chi connectivity index (χ3n) is 2.99. The third kappa shape index (κ3) is 2.79. The van der Waals surface area contributed by atoms with Crippen LogP contribution in [0.3, 0.4) is 0 Å². The van der Waals surface area contributed by atoms with E-state index in [9.17, 15) is 4.79 Å². The molecule has 3 nitrogen and oxygen atoms in total. The molecule has 0 radical (unpaired) electrons. The predicted molar refractivity (Wildman–Crippen MR) is 62.8 cm³/mol. The van der Waals surface area contributed by atoms with Gasteiger partial charge in [-0.1, -0.05) is 0 Å². The molecule has 4 heteroatoms. The summed E-state index contributed by atoms with van der Waals surface area (Å²) in [4.78, 5) is 11.7. The molecule has 2 rings (SSSR count). The molecule has 0 saturated heterocycles. The van der Waals surface area contributed by atoms with Crippen molar-refractivity contribution in [1.82, 2.24) is 5.32 Å². The molecule has 2 atom stereocenters. The molecule has 0 aromatic carbocycles. The molecule has 1 amide bonds. The number of nitrogens with one attached hydrogen (secondary N) is 1. The lowest BCUT2D eigenvalue weighted by Crippen LogP contribution is -2.28. The summed E-state index contributed by atoms with van der Waals surface area (Å²) in [6.45, 7) is 2.52. The molecule has 1 heterocycles. The second-order valence-corrected chi connectivity index (χ2v) is 5.01. The maximum atomic E-state index is 11.7. The Bertz CT molecular complexity index is 375. The van der Waals surface area contributed by atoms with E-state index in [0.29, 0.717) is 18.2 Å². The molecule has 0 spiro atoms. The largest absolute Gasteiger partial charge is 0.456 e. The van der Waals surface area contributed by atoms with E-state index in [1.165, 1.54) is 0 Å². The van der Waals surface area contributed by atoms with Crippen LogP contribution in [0.1, 0.15) is 35.6 Å². The number of furan rings is 1. The molecule has 1 aliphatic carbocycles. The molecule has 1 fully saturated rings. The van der Waals surface area contributed by atoms with Crippen molar-refractivity contribution in [3.8, 4) is 0 Å². The SMILES string of the molecule is Cc1ccc(C(=O)NCC2CCC(Cl)C2)o1. The maximum absolute atomic E-state index is 11.7. The van der Waals surface area contributed by atoms with E-state index >= 15 is 0 Å². The number of hydrogen-bond acceptors (Lipinski definition) is 2. The van der Waals surface area contributed by atoms with Gasteiger partial charge in [-0.05, 0) is 44.2 Å². The number of rotatable bonds is 3. The molecule has 1 N–H and O–H groups in total. The van der Waals surface area contributed by atoms with Crippen LogP contribution in [0.5, 0.6) is 0 Å². The number of carbonyl (C=O) groups excluding carboxylic acids is 1. The first-order valence-electron chi connectivity index (χ1n) is 5.64. The van der Waals surface area contributed by atoms with E-state index in [2.05, 4.69) is 5.32 Å². The van der Waals surface area contributed by atoms with Gasteiger partial charge < -0.3 is 9.73 Å². The van der Waals surface area contributed by atoms with Crippen LogP contribution < -0.4 is 5.32 Å². The minimum Gasteiger partial charge on any atom is -0.456 e. The lowest BCUT2D eigenvalue weighted by molar-refractivity contribution is 0.0918. The average Bonchev–Trinajstić information content (AvgIpc) is 2.84. The molecule has 88 valence electrons. The highest BCUT2D eigenvalue weighted by Crippen LogP contribution is 2.28. The first kappa shape index (κ1) is 11.5. The zero-order valence-electron chi connectivity index (χ0n) is 9.33. The fraction of sp³-hybridized carbons (Fsp3) is 0.583. The lowest BCUT2D eigenvalue weighted by Gasteiger charge is -2.09. The summed E-state index contributed by atoms with van der Waals surface area (Å²) >= 11 is 6.01. The minimum absolute atomic E-state index is 0.133. The Kier molecular flexibility index (Phi) is 3.54. The predicted octanol–water partition coefficient (Wildman–Crippen LogP) is 2.73. The van der Waals surface area contributed by atoms with Crippen LogP contribution in [-0.2, 0) is 0 Å². The van der Waals surface area contributed by atoms with Crippen molar-refractivity contribution in [2.24, 2.45) is 5.92 Å². The number of carbonyl (C=O) groups is 1. The number of halogens is 1. The van der Waals surface area contributed by atoms with Crippen LogP contribution in [-0.4, -0.2) is 17.8 Å². The normalized spacial score (nSPS) is 24.6. The van der Waals surface area contributed by atoms with Crippen molar-refractivity contribution in [3.05, 3.63) is 23.7 Å². The third-order valence-corrected chi connectivity index (χ3v) is 3.39. The molecule has 1 saturated carbocycles. The average molecular weight is 242 g/mol. The Morgan fingerprint density at radius 1 is 1.56 bits per heavy atom. The summed E-state index contributed by atoms with van der Waals surface area (Å²) in [5, 5.41) is 3.17. The van der Waals surface area contributed by atoms with Crippen LogP contribution in [0.2, 0.25) is 0 Å². The zero-order chi connectivity index (χ0) is 11.5. The van der Waals surface area contributed by atoms with Crippen LogP contribution >= 0.6 is 11.6 Å². The fourth-order valence-electron chi connectivity index (χ4n) is 2.08. The van der Waals surface area contributed by atoms with E-state index < -0.39 is 0 Å². The number of amides is 1. The van der Waals surface area contributed by atoms with Gasteiger partial charge in [-0.25, -0.2) is 0 Å². The monoisotopic (exact) mass is 241 g/mol. The van der Waals surface area contributed by atoms with Crippen LogP contribution in [0.4, 0.5) is 0 Å². The second-order valence-electron chi connectivity index (χ2n) is 4.40.